The number of hydrogen-bond acceptors (Lipinski definition) is 1. The highest BCUT2D eigenvalue weighted by molar-refractivity contribution is 9.10. The number of rotatable bonds is 4. The van der Waals surface area contributed by atoms with Gasteiger partial charge in [0.05, 0.1) is 5.56 Å². The van der Waals surface area contributed by atoms with E-state index in [2.05, 4.69) is 35.1 Å². The molecule has 0 atom stereocenters. The van der Waals surface area contributed by atoms with Crippen LogP contribution in [0.5, 0.6) is 0 Å². The number of hydrogen-bond donors (Lipinski definition) is 1. The third-order valence-electron chi connectivity index (χ3n) is 2.44. The Morgan fingerprint density at radius 1 is 1.33 bits per heavy atom. The van der Waals surface area contributed by atoms with Gasteiger partial charge in [-0.3, -0.25) is 4.79 Å². The summed E-state index contributed by atoms with van der Waals surface area (Å²) in [6.07, 6.45) is 1.93. The second-order valence-corrected chi connectivity index (χ2v) is 4.32. The fourth-order valence-corrected chi connectivity index (χ4v) is 1.87. The van der Waals surface area contributed by atoms with Crippen LogP contribution in [-0.4, -0.2) is 11.9 Å². The fourth-order valence-electron chi connectivity index (χ4n) is 1.40. The van der Waals surface area contributed by atoms with Gasteiger partial charge in [-0.1, -0.05) is 26.0 Å². The van der Waals surface area contributed by atoms with E-state index in [0.29, 0.717) is 5.56 Å². The molecule has 1 aromatic carbocycles. The number of benzene rings is 1. The Morgan fingerprint density at radius 3 is 2.47 bits per heavy atom. The molecule has 0 unspecified atom stereocenters. The summed E-state index contributed by atoms with van der Waals surface area (Å²) >= 11 is 3.37. The van der Waals surface area contributed by atoms with Crippen molar-refractivity contribution in [2.75, 3.05) is 0 Å². The monoisotopic (exact) mass is 269 g/mol. The third-order valence-corrected chi connectivity index (χ3v) is 3.13. The first-order valence-electron chi connectivity index (χ1n) is 5.24. The molecule has 1 N–H and O–H groups in total. The molecule has 82 valence electrons. The topological polar surface area (TPSA) is 29.1 Å². The smallest absolute Gasteiger partial charge is 0.252 e. The van der Waals surface area contributed by atoms with Gasteiger partial charge < -0.3 is 5.32 Å². The van der Waals surface area contributed by atoms with E-state index in [4.69, 9.17) is 0 Å². The highest BCUT2D eigenvalue weighted by Gasteiger charge is 2.12. The van der Waals surface area contributed by atoms with E-state index in [1.54, 1.807) is 0 Å². The van der Waals surface area contributed by atoms with Crippen LogP contribution >= 0.6 is 15.9 Å². The summed E-state index contributed by atoms with van der Waals surface area (Å²) in [4.78, 5) is 11.9. The van der Waals surface area contributed by atoms with Crippen molar-refractivity contribution in [3.8, 4) is 0 Å². The molecular weight excluding hydrogens is 254 g/mol. The molecule has 0 aliphatic carbocycles. The normalized spacial score (nSPS) is 10.4. The summed E-state index contributed by atoms with van der Waals surface area (Å²) in [5, 5.41) is 3.00. The van der Waals surface area contributed by atoms with Gasteiger partial charge in [0, 0.05) is 10.5 Å². The van der Waals surface area contributed by atoms with Crippen LogP contribution in [0.15, 0.2) is 28.7 Å². The van der Waals surface area contributed by atoms with Crippen molar-refractivity contribution in [2.24, 2.45) is 0 Å². The van der Waals surface area contributed by atoms with Gasteiger partial charge in [0.2, 0.25) is 0 Å². The highest BCUT2D eigenvalue weighted by Crippen LogP contribution is 2.15. The summed E-state index contributed by atoms with van der Waals surface area (Å²) in [6, 6.07) is 7.73. The van der Waals surface area contributed by atoms with Gasteiger partial charge in [-0.25, -0.2) is 0 Å². The molecule has 0 saturated heterocycles. The van der Waals surface area contributed by atoms with Gasteiger partial charge >= 0.3 is 0 Å². The van der Waals surface area contributed by atoms with E-state index in [9.17, 15) is 4.79 Å². The first kappa shape index (κ1) is 12.2. The summed E-state index contributed by atoms with van der Waals surface area (Å²) in [5.41, 5.74) is 0.699. The van der Waals surface area contributed by atoms with Crippen LogP contribution in [-0.2, 0) is 0 Å². The first-order chi connectivity index (χ1) is 7.19. The molecule has 0 saturated carbocycles. The molecule has 1 rings (SSSR count). The molecule has 15 heavy (non-hydrogen) atoms. The zero-order valence-corrected chi connectivity index (χ0v) is 10.7. The average molecular weight is 270 g/mol. The number of amides is 1. The van der Waals surface area contributed by atoms with Crippen LogP contribution in [0.4, 0.5) is 0 Å². The zero-order valence-electron chi connectivity index (χ0n) is 9.09. The third kappa shape index (κ3) is 3.34. The van der Waals surface area contributed by atoms with Gasteiger partial charge in [0.15, 0.2) is 0 Å². The minimum absolute atomic E-state index is 0.00354. The van der Waals surface area contributed by atoms with Crippen molar-refractivity contribution >= 4 is 21.8 Å². The molecule has 0 spiro atoms. The summed E-state index contributed by atoms with van der Waals surface area (Å²) in [5.74, 6) is -0.00354. The largest absolute Gasteiger partial charge is 0.349 e. The standard InChI is InChI=1S/C12H16BrNO/c1-3-9(4-2)14-12(15)10-7-5-6-8-11(10)13/h5-9H,3-4H2,1-2H3,(H,14,15). The van der Waals surface area contributed by atoms with E-state index >= 15 is 0 Å². The Labute approximate surface area is 99.2 Å². The van der Waals surface area contributed by atoms with Crippen molar-refractivity contribution in [2.45, 2.75) is 32.7 Å². The van der Waals surface area contributed by atoms with Crippen molar-refractivity contribution in [1.82, 2.24) is 5.32 Å². The molecule has 2 nitrogen and oxygen atoms in total. The second-order valence-electron chi connectivity index (χ2n) is 3.47. The maximum atomic E-state index is 11.9. The molecule has 1 aromatic rings. The van der Waals surface area contributed by atoms with Gasteiger partial charge in [-0.05, 0) is 40.9 Å². The minimum Gasteiger partial charge on any atom is -0.349 e. The van der Waals surface area contributed by atoms with E-state index in [-0.39, 0.29) is 11.9 Å². The Morgan fingerprint density at radius 2 is 1.93 bits per heavy atom. The van der Waals surface area contributed by atoms with Crippen molar-refractivity contribution in [3.05, 3.63) is 34.3 Å². The summed E-state index contributed by atoms with van der Waals surface area (Å²) in [7, 11) is 0. The number of carbonyl (C=O) groups is 1. The number of nitrogens with one attached hydrogen (secondary N) is 1. The fraction of sp³-hybridized carbons (Fsp3) is 0.417. The Hall–Kier alpha value is -0.830. The predicted molar refractivity (Wildman–Crippen MR) is 66.0 cm³/mol. The van der Waals surface area contributed by atoms with Crippen LogP contribution in [0.1, 0.15) is 37.0 Å². The molecular formula is C12H16BrNO. The van der Waals surface area contributed by atoms with Gasteiger partial charge in [-0.15, -0.1) is 0 Å². The molecule has 0 aliphatic rings. The van der Waals surface area contributed by atoms with Crippen LogP contribution in [0.2, 0.25) is 0 Å². The van der Waals surface area contributed by atoms with Crippen LogP contribution in [0.3, 0.4) is 0 Å². The van der Waals surface area contributed by atoms with Gasteiger partial charge in [0.25, 0.3) is 5.91 Å². The lowest BCUT2D eigenvalue weighted by Gasteiger charge is -2.15. The zero-order chi connectivity index (χ0) is 11.3. The highest BCUT2D eigenvalue weighted by atomic mass is 79.9. The first-order valence-corrected chi connectivity index (χ1v) is 6.03. The Kier molecular flexibility index (Phi) is 4.82. The molecule has 3 heteroatoms. The Balaban J connectivity index is 2.73. The van der Waals surface area contributed by atoms with Gasteiger partial charge in [-0.2, -0.15) is 0 Å². The molecule has 0 aliphatic heterocycles. The number of carbonyl (C=O) groups excluding carboxylic acids is 1. The van der Waals surface area contributed by atoms with E-state index in [0.717, 1.165) is 17.3 Å². The lowest BCUT2D eigenvalue weighted by atomic mass is 10.1. The lowest BCUT2D eigenvalue weighted by molar-refractivity contribution is 0.0934. The summed E-state index contributed by atoms with van der Waals surface area (Å²) in [6.45, 7) is 4.16. The van der Waals surface area contributed by atoms with Crippen LogP contribution in [0, 0.1) is 0 Å². The minimum atomic E-state index is -0.00354. The molecule has 0 aromatic heterocycles. The van der Waals surface area contributed by atoms with Crippen molar-refractivity contribution in [3.63, 3.8) is 0 Å². The van der Waals surface area contributed by atoms with Crippen molar-refractivity contribution in [1.29, 1.82) is 0 Å². The van der Waals surface area contributed by atoms with E-state index in [1.165, 1.54) is 0 Å². The average Bonchev–Trinajstić information content (AvgIpc) is 2.26. The molecule has 0 radical (unpaired) electrons. The lowest BCUT2D eigenvalue weighted by Crippen LogP contribution is -2.33. The second kappa shape index (κ2) is 5.91. The van der Waals surface area contributed by atoms with Crippen LogP contribution < -0.4 is 5.32 Å². The maximum absolute atomic E-state index is 11.9. The molecule has 0 heterocycles. The molecule has 0 bridgehead atoms. The number of halogens is 1. The van der Waals surface area contributed by atoms with E-state index in [1.807, 2.05) is 24.3 Å². The van der Waals surface area contributed by atoms with Gasteiger partial charge in [0.1, 0.15) is 0 Å². The SMILES string of the molecule is CCC(CC)NC(=O)c1ccccc1Br. The van der Waals surface area contributed by atoms with Crippen molar-refractivity contribution < 1.29 is 4.79 Å². The predicted octanol–water partition coefficient (Wildman–Crippen LogP) is 3.37. The maximum Gasteiger partial charge on any atom is 0.252 e. The van der Waals surface area contributed by atoms with Crippen LogP contribution in [0.25, 0.3) is 0 Å². The molecule has 1 amide bonds. The van der Waals surface area contributed by atoms with E-state index < -0.39 is 0 Å². The quantitative estimate of drug-likeness (QED) is 0.893. The molecule has 0 fully saturated rings. The Bertz CT molecular complexity index is 334. The summed E-state index contributed by atoms with van der Waals surface area (Å²) < 4.78 is 0.841.